The fraction of sp³-hybridized carbons (Fsp3) is 0.571. The minimum absolute atomic E-state index is 0.285. The van der Waals surface area contributed by atoms with E-state index in [1.165, 1.54) is 11.1 Å². The van der Waals surface area contributed by atoms with Gasteiger partial charge in [-0.05, 0) is 31.5 Å². The lowest BCUT2D eigenvalue weighted by molar-refractivity contribution is 0.0873. The van der Waals surface area contributed by atoms with E-state index in [0.29, 0.717) is 12.6 Å². The first kappa shape index (κ1) is 12.6. The number of hydrogen-bond acceptors (Lipinski definition) is 3. The van der Waals surface area contributed by atoms with Crippen molar-refractivity contribution in [3.8, 4) is 0 Å². The number of likely N-dealkylation sites (N-methyl/N-ethyl adjacent to an activating group) is 1. The third-order valence-corrected chi connectivity index (χ3v) is 3.61. The Hall–Kier alpha value is -0.900. The molecule has 2 atom stereocenters. The molecule has 0 saturated carbocycles. The molecule has 1 aliphatic rings. The molecule has 0 bridgehead atoms. The Balaban J connectivity index is 2.04. The average Bonchev–Trinajstić information content (AvgIpc) is 2.33. The average molecular weight is 234 g/mol. The lowest BCUT2D eigenvalue weighted by atomic mass is 9.93. The van der Waals surface area contributed by atoms with Gasteiger partial charge in [0.15, 0.2) is 0 Å². The van der Waals surface area contributed by atoms with Gasteiger partial charge in [-0.25, -0.2) is 0 Å². The molecule has 0 amide bonds. The van der Waals surface area contributed by atoms with Gasteiger partial charge in [0, 0.05) is 25.7 Å². The molecular weight excluding hydrogens is 212 g/mol. The Morgan fingerprint density at radius 3 is 3.00 bits per heavy atom. The van der Waals surface area contributed by atoms with Gasteiger partial charge in [-0.2, -0.15) is 0 Å². The second-order valence-corrected chi connectivity index (χ2v) is 4.83. The first-order valence-electron chi connectivity index (χ1n) is 6.37. The molecule has 2 rings (SSSR count). The van der Waals surface area contributed by atoms with E-state index >= 15 is 0 Å². The van der Waals surface area contributed by atoms with E-state index in [1.54, 1.807) is 0 Å². The van der Waals surface area contributed by atoms with Crippen LogP contribution < -0.4 is 5.32 Å². The first-order valence-corrected chi connectivity index (χ1v) is 6.37. The molecule has 94 valence electrons. The van der Waals surface area contributed by atoms with Crippen molar-refractivity contribution in [2.24, 2.45) is 0 Å². The van der Waals surface area contributed by atoms with Gasteiger partial charge in [-0.3, -0.25) is 4.90 Å². The molecule has 0 saturated heterocycles. The fourth-order valence-corrected chi connectivity index (χ4v) is 2.64. The molecule has 2 unspecified atom stereocenters. The second-order valence-electron chi connectivity index (χ2n) is 4.83. The van der Waals surface area contributed by atoms with Gasteiger partial charge in [0.1, 0.15) is 0 Å². The van der Waals surface area contributed by atoms with Crippen molar-refractivity contribution in [1.82, 2.24) is 10.2 Å². The maximum atomic E-state index is 9.86. The van der Waals surface area contributed by atoms with Gasteiger partial charge in [0.2, 0.25) is 0 Å². The number of rotatable bonds is 4. The maximum Gasteiger partial charge on any atom is 0.0791 e. The number of hydrogen-bond donors (Lipinski definition) is 2. The van der Waals surface area contributed by atoms with Crippen LogP contribution in [0.5, 0.6) is 0 Å². The third kappa shape index (κ3) is 2.86. The lowest BCUT2D eigenvalue weighted by Crippen LogP contribution is -2.42. The molecule has 1 aromatic rings. The summed E-state index contributed by atoms with van der Waals surface area (Å²) in [5, 5.41) is 12.9. The van der Waals surface area contributed by atoms with Crippen molar-refractivity contribution in [2.45, 2.75) is 25.5 Å². The number of aliphatic hydroxyl groups excluding tert-OH is 1. The molecule has 1 aliphatic heterocycles. The number of fused-ring (bicyclic) bond motifs is 1. The molecule has 2 N–H and O–H groups in total. The van der Waals surface area contributed by atoms with Gasteiger partial charge in [-0.1, -0.05) is 24.3 Å². The maximum absolute atomic E-state index is 9.86. The summed E-state index contributed by atoms with van der Waals surface area (Å²) in [6.07, 6.45) is 0.806. The van der Waals surface area contributed by atoms with Gasteiger partial charge in [-0.15, -0.1) is 0 Å². The lowest BCUT2D eigenvalue weighted by Gasteiger charge is -2.36. The van der Waals surface area contributed by atoms with Crippen molar-refractivity contribution >= 4 is 0 Å². The number of nitrogens with one attached hydrogen (secondary N) is 1. The van der Waals surface area contributed by atoms with E-state index in [4.69, 9.17) is 0 Å². The summed E-state index contributed by atoms with van der Waals surface area (Å²) in [5.41, 5.74) is 2.87. The SMILES string of the molecule is CNCC(O)CN1CCc2ccccc2C1C. The molecule has 17 heavy (non-hydrogen) atoms. The van der Waals surface area contributed by atoms with Gasteiger partial charge in [0.05, 0.1) is 6.10 Å². The van der Waals surface area contributed by atoms with Crippen LogP contribution in [0.1, 0.15) is 24.1 Å². The quantitative estimate of drug-likeness (QED) is 0.821. The Kier molecular flexibility index (Phi) is 4.15. The first-order chi connectivity index (χ1) is 8.22. The zero-order chi connectivity index (χ0) is 12.3. The largest absolute Gasteiger partial charge is 0.390 e. The molecule has 1 heterocycles. The van der Waals surface area contributed by atoms with Crippen LogP contribution in [-0.2, 0) is 6.42 Å². The molecule has 0 aromatic heterocycles. The summed E-state index contributed by atoms with van der Waals surface area (Å²) < 4.78 is 0. The van der Waals surface area contributed by atoms with Gasteiger partial charge in [0.25, 0.3) is 0 Å². The molecule has 1 aromatic carbocycles. The highest BCUT2D eigenvalue weighted by Crippen LogP contribution is 2.28. The summed E-state index contributed by atoms with van der Waals surface area (Å²) in [6, 6.07) is 9.04. The van der Waals surface area contributed by atoms with E-state index in [0.717, 1.165) is 19.5 Å². The second kappa shape index (κ2) is 5.63. The fourth-order valence-electron chi connectivity index (χ4n) is 2.64. The van der Waals surface area contributed by atoms with E-state index in [1.807, 2.05) is 7.05 Å². The van der Waals surface area contributed by atoms with E-state index < -0.39 is 0 Å². The Morgan fingerprint density at radius 2 is 2.24 bits per heavy atom. The van der Waals surface area contributed by atoms with Crippen molar-refractivity contribution in [2.75, 3.05) is 26.7 Å². The summed E-state index contributed by atoms with van der Waals surface area (Å²) in [7, 11) is 1.87. The predicted molar refractivity (Wildman–Crippen MR) is 70.1 cm³/mol. The zero-order valence-corrected chi connectivity index (χ0v) is 10.7. The summed E-state index contributed by atoms with van der Waals surface area (Å²) in [6.45, 7) is 4.67. The van der Waals surface area contributed by atoms with Crippen LogP contribution in [0.4, 0.5) is 0 Å². The van der Waals surface area contributed by atoms with Crippen molar-refractivity contribution in [3.05, 3.63) is 35.4 Å². The van der Waals surface area contributed by atoms with E-state index in [-0.39, 0.29) is 6.10 Å². The number of benzene rings is 1. The Labute approximate surface area is 103 Å². The van der Waals surface area contributed by atoms with Crippen molar-refractivity contribution in [1.29, 1.82) is 0 Å². The van der Waals surface area contributed by atoms with Gasteiger partial charge < -0.3 is 10.4 Å². The van der Waals surface area contributed by atoms with Crippen LogP contribution in [0.3, 0.4) is 0 Å². The number of β-amino-alcohol motifs (C(OH)–C–C–N with tert-alkyl or cyclic N) is 1. The van der Waals surface area contributed by atoms with Crippen molar-refractivity contribution in [3.63, 3.8) is 0 Å². The molecule has 0 radical (unpaired) electrons. The molecule has 0 aliphatic carbocycles. The van der Waals surface area contributed by atoms with E-state index in [2.05, 4.69) is 41.4 Å². The minimum Gasteiger partial charge on any atom is -0.390 e. The van der Waals surface area contributed by atoms with Crippen LogP contribution in [0, 0.1) is 0 Å². The topological polar surface area (TPSA) is 35.5 Å². The van der Waals surface area contributed by atoms with Crippen LogP contribution >= 0.6 is 0 Å². The van der Waals surface area contributed by atoms with E-state index in [9.17, 15) is 5.11 Å². The Bertz CT molecular complexity index is 367. The molecular formula is C14H22N2O. The standard InChI is InChI=1S/C14H22N2O/c1-11-14-6-4-3-5-12(14)7-8-16(11)10-13(17)9-15-2/h3-6,11,13,15,17H,7-10H2,1-2H3. The monoisotopic (exact) mass is 234 g/mol. The molecule has 3 nitrogen and oxygen atoms in total. The van der Waals surface area contributed by atoms with Gasteiger partial charge >= 0.3 is 0 Å². The Morgan fingerprint density at radius 1 is 1.47 bits per heavy atom. The predicted octanol–water partition coefficient (Wildman–Crippen LogP) is 1.19. The van der Waals surface area contributed by atoms with Crippen LogP contribution in [0.2, 0.25) is 0 Å². The van der Waals surface area contributed by atoms with Crippen LogP contribution in [-0.4, -0.2) is 42.8 Å². The summed E-state index contributed by atoms with van der Waals surface area (Å²) in [4.78, 5) is 2.37. The highest BCUT2D eigenvalue weighted by Gasteiger charge is 2.24. The zero-order valence-electron chi connectivity index (χ0n) is 10.7. The van der Waals surface area contributed by atoms with Crippen LogP contribution in [0.15, 0.2) is 24.3 Å². The molecule has 3 heteroatoms. The molecule has 0 spiro atoms. The third-order valence-electron chi connectivity index (χ3n) is 3.61. The van der Waals surface area contributed by atoms with Crippen molar-refractivity contribution < 1.29 is 5.11 Å². The van der Waals surface area contributed by atoms with Crippen LogP contribution in [0.25, 0.3) is 0 Å². The smallest absolute Gasteiger partial charge is 0.0791 e. The minimum atomic E-state index is -0.285. The summed E-state index contributed by atoms with van der Waals surface area (Å²) >= 11 is 0. The number of nitrogens with zero attached hydrogens (tertiary/aromatic N) is 1. The number of aliphatic hydroxyl groups is 1. The highest BCUT2D eigenvalue weighted by molar-refractivity contribution is 5.32. The highest BCUT2D eigenvalue weighted by atomic mass is 16.3. The molecule has 0 fully saturated rings. The normalized spacial score (nSPS) is 22.2. The summed E-state index contributed by atoms with van der Waals surface area (Å²) in [5.74, 6) is 0.